The van der Waals surface area contributed by atoms with Crippen molar-refractivity contribution >= 4 is 46.6 Å². The van der Waals surface area contributed by atoms with E-state index in [1.54, 1.807) is 37.9 Å². The van der Waals surface area contributed by atoms with Crippen LogP contribution in [0.1, 0.15) is 60.3 Å². The van der Waals surface area contributed by atoms with E-state index >= 15 is 0 Å². The van der Waals surface area contributed by atoms with E-state index in [0.29, 0.717) is 29.9 Å². The van der Waals surface area contributed by atoms with Crippen LogP contribution < -0.4 is 15.5 Å². The smallest absolute Gasteiger partial charge is 0.335 e. The van der Waals surface area contributed by atoms with E-state index in [1.807, 2.05) is 18.0 Å². The summed E-state index contributed by atoms with van der Waals surface area (Å²) in [6.07, 6.45) is -10.6. The van der Waals surface area contributed by atoms with Crippen LogP contribution in [0, 0.1) is 17.2 Å². The maximum Gasteiger partial charge on any atom is 0.335 e. The number of likely N-dealkylation sites (N-methyl/N-ethyl adjacent to an activating group) is 1. The number of hydrogen-bond acceptors (Lipinski definition) is 17. The van der Waals surface area contributed by atoms with Crippen molar-refractivity contribution in [3.05, 3.63) is 18.6 Å². The molecule has 3 saturated heterocycles. The quantitative estimate of drug-likeness (QED) is 0.0950. The molecular formula is C39H56N8O14. The van der Waals surface area contributed by atoms with Crippen LogP contribution in [-0.4, -0.2) is 176 Å². The number of rotatable bonds is 15. The Labute approximate surface area is 352 Å². The molecule has 0 bridgehead atoms. The lowest BCUT2D eigenvalue weighted by molar-refractivity contribution is -0.331. The molecule has 22 nitrogen and oxygen atoms in total. The van der Waals surface area contributed by atoms with Crippen molar-refractivity contribution in [1.82, 2.24) is 30.1 Å². The fraction of sp³-hybridized carbons (Fsp3) is 0.692. The summed E-state index contributed by atoms with van der Waals surface area (Å²) in [7, 11) is 1.87. The van der Waals surface area contributed by atoms with Gasteiger partial charge in [-0.2, -0.15) is 5.26 Å². The van der Waals surface area contributed by atoms with E-state index in [-0.39, 0.29) is 43.7 Å². The number of carboxylic acids is 1. The van der Waals surface area contributed by atoms with Gasteiger partial charge in [0.2, 0.25) is 11.8 Å². The lowest BCUT2D eigenvalue weighted by Crippen LogP contribution is -2.67. The number of carboxylic acid groups (broad SMARTS) is 1. The van der Waals surface area contributed by atoms with Gasteiger partial charge in [0.15, 0.2) is 18.0 Å². The number of aliphatic hydroxyl groups is 3. The Morgan fingerprint density at radius 2 is 1.82 bits per heavy atom. The molecule has 22 heteroatoms. The van der Waals surface area contributed by atoms with Crippen molar-refractivity contribution in [2.45, 2.75) is 134 Å². The van der Waals surface area contributed by atoms with E-state index in [4.69, 9.17) is 28.9 Å². The summed E-state index contributed by atoms with van der Waals surface area (Å²) in [4.78, 5) is 75.1. The van der Waals surface area contributed by atoms with Crippen molar-refractivity contribution in [3.8, 4) is 6.07 Å². The third-order valence-electron chi connectivity index (χ3n) is 11.1. The Hall–Kier alpha value is -5.02. The molecule has 2 aromatic rings. The predicted molar refractivity (Wildman–Crippen MR) is 210 cm³/mol. The topological polar surface area (TPSA) is 297 Å². The average Bonchev–Trinajstić information content (AvgIpc) is 3.65. The molecule has 6 N–H and O–H groups in total. The summed E-state index contributed by atoms with van der Waals surface area (Å²) in [5.41, 5.74) is 0.352. The molecule has 0 aromatic carbocycles. The van der Waals surface area contributed by atoms with Gasteiger partial charge in [-0.3, -0.25) is 19.0 Å². The molecule has 61 heavy (non-hydrogen) atoms. The number of hydrogen-bond donors (Lipinski definition) is 6. The van der Waals surface area contributed by atoms with E-state index in [1.165, 1.54) is 17.8 Å². The number of likely N-dealkylation sites (tertiary alicyclic amines) is 1. The summed E-state index contributed by atoms with van der Waals surface area (Å²) in [5, 5.41) is 57.8. The molecule has 5 heterocycles. The number of nitrogens with zero attached hydrogens (tertiary/aromatic N) is 6. The number of aliphatic carboxylic acids is 1. The number of fused-ring (bicyclic) bond motifs is 1. The van der Waals surface area contributed by atoms with E-state index in [0.717, 1.165) is 6.42 Å². The van der Waals surface area contributed by atoms with Crippen LogP contribution in [0.15, 0.2) is 18.6 Å². The first-order valence-corrected chi connectivity index (χ1v) is 20.2. The van der Waals surface area contributed by atoms with Crippen LogP contribution in [0.5, 0.6) is 0 Å². The van der Waals surface area contributed by atoms with E-state index in [9.17, 15) is 44.4 Å². The minimum atomic E-state index is -1.82. The van der Waals surface area contributed by atoms with E-state index < -0.39 is 97.8 Å². The van der Waals surface area contributed by atoms with Crippen molar-refractivity contribution in [2.24, 2.45) is 5.92 Å². The van der Waals surface area contributed by atoms with Crippen LogP contribution in [0.4, 0.5) is 10.6 Å². The molecule has 3 amide bonds. The van der Waals surface area contributed by atoms with Gasteiger partial charge in [0, 0.05) is 46.2 Å². The van der Waals surface area contributed by atoms with Gasteiger partial charge in [-0.25, -0.2) is 19.6 Å². The highest BCUT2D eigenvalue weighted by Crippen LogP contribution is 2.32. The monoisotopic (exact) mass is 860 g/mol. The van der Waals surface area contributed by atoms with Crippen LogP contribution in [-0.2, 0) is 42.9 Å². The number of anilines is 1. The summed E-state index contributed by atoms with van der Waals surface area (Å²) < 4.78 is 29.5. The minimum absolute atomic E-state index is 0.0848. The molecule has 0 radical (unpaired) electrons. The minimum Gasteiger partial charge on any atom is -0.479 e. The van der Waals surface area contributed by atoms with Gasteiger partial charge in [-0.1, -0.05) is 6.92 Å². The normalized spacial score (nSPS) is 30.3. The molecule has 0 saturated carbocycles. The molecule has 2 aromatic heterocycles. The fourth-order valence-corrected chi connectivity index (χ4v) is 7.90. The number of amides is 3. The van der Waals surface area contributed by atoms with Crippen LogP contribution in [0.3, 0.4) is 0 Å². The summed E-state index contributed by atoms with van der Waals surface area (Å²) >= 11 is 0. The molecule has 0 spiro atoms. The van der Waals surface area contributed by atoms with Crippen molar-refractivity contribution < 1.29 is 68.1 Å². The highest BCUT2D eigenvalue weighted by Gasteiger charge is 2.53. The van der Waals surface area contributed by atoms with Gasteiger partial charge in [0.25, 0.3) is 0 Å². The SMILES string of the molecule is CC(=O)NC1C(C)OC(COC(=O)CCCNC(=O)n2ccc3c(N(C)[C@H]4CN(C(=O)CC#N)CC[C@H]4C)ncnc32)C(O)C1OC1OC(C(=O)O)C(OC(C)C)C(O)C1O. The molecule has 5 rings (SSSR count). The summed E-state index contributed by atoms with van der Waals surface area (Å²) in [5.74, 6) is -2.11. The molecule has 3 aliphatic rings. The third-order valence-corrected chi connectivity index (χ3v) is 11.1. The molecule has 3 aliphatic heterocycles. The summed E-state index contributed by atoms with van der Waals surface area (Å²) in [6, 6.07) is 2.00. The largest absolute Gasteiger partial charge is 0.479 e. The first kappa shape index (κ1) is 47.0. The Morgan fingerprint density at radius 3 is 2.49 bits per heavy atom. The molecule has 10 unspecified atom stereocenters. The second-order valence-corrected chi connectivity index (χ2v) is 15.8. The number of aliphatic hydroxyl groups excluding tert-OH is 3. The number of nitriles is 1. The Kier molecular flexibility index (Phi) is 16.0. The second kappa shape index (κ2) is 20.7. The van der Waals surface area contributed by atoms with Gasteiger partial charge in [0.1, 0.15) is 61.8 Å². The van der Waals surface area contributed by atoms with Crippen LogP contribution >= 0.6 is 0 Å². The Bertz CT molecular complexity index is 1930. The highest BCUT2D eigenvalue weighted by molar-refractivity contribution is 5.95. The Balaban J connectivity index is 1.14. The number of carbonyl (C=O) groups excluding carboxylic acids is 4. The van der Waals surface area contributed by atoms with Crippen molar-refractivity contribution in [2.75, 3.05) is 38.2 Å². The van der Waals surface area contributed by atoms with Crippen molar-refractivity contribution in [3.63, 3.8) is 0 Å². The predicted octanol–water partition coefficient (Wildman–Crippen LogP) is -0.738. The molecule has 336 valence electrons. The number of esters is 1. The zero-order valence-electron chi connectivity index (χ0n) is 34.9. The van der Waals surface area contributed by atoms with Gasteiger partial charge in [-0.05, 0) is 45.6 Å². The lowest BCUT2D eigenvalue weighted by atomic mass is 9.92. The van der Waals surface area contributed by atoms with E-state index in [2.05, 4.69) is 27.5 Å². The lowest BCUT2D eigenvalue weighted by Gasteiger charge is -2.47. The zero-order chi connectivity index (χ0) is 44.7. The average molecular weight is 861 g/mol. The maximum absolute atomic E-state index is 13.2. The number of nitrogens with one attached hydrogen (secondary N) is 2. The maximum atomic E-state index is 13.2. The van der Waals surface area contributed by atoms with Crippen molar-refractivity contribution in [1.29, 1.82) is 5.26 Å². The Morgan fingerprint density at radius 1 is 1.08 bits per heavy atom. The first-order valence-electron chi connectivity index (χ1n) is 20.2. The van der Waals surface area contributed by atoms with Gasteiger partial charge in [0.05, 0.1) is 35.7 Å². The third kappa shape index (κ3) is 11.1. The second-order valence-electron chi connectivity index (χ2n) is 15.8. The number of piperidine rings is 1. The zero-order valence-corrected chi connectivity index (χ0v) is 34.9. The van der Waals surface area contributed by atoms with Gasteiger partial charge >= 0.3 is 18.0 Å². The van der Waals surface area contributed by atoms with Crippen LogP contribution in [0.2, 0.25) is 0 Å². The molecule has 0 aliphatic carbocycles. The molecule has 12 atom stereocenters. The van der Waals surface area contributed by atoms with Gasteiger partial charge in [-0.15, -0.1) is 0 Å². The standard InChI is InChI=1S/C39H56N8O14/c1-19(2)58-33-30(52)31(53)38(61-34(33)37(54)55)60-32-28(44-22(5)48)21(4)59-25(29(32)51)17-57-27(50)8-7-13-41-39(56)47-15-11-23-35(42-18-43-36(23)47)45(6)24-16-46(14-10-20(24)3)26(49)9-12-40/h11,15,18-21,24-25,28-34,38,51-53H,7-10,13-14,16-17H2,1-6H3,(H,41,56)(H,44,48)(H,54,55)/t20-,21?,24+,25?,28?,29?,30?,31?,32?,33?,34?,38?/m1/s1. The highest BCUT2D eigenvalue weighted by atomic mass is 16.7. The number of aromatic nitrogens is 3. The summed E-state index contributed by atoms with van der Waals surface area (Å²) in [6.45, 7) is 8.72. The molecular weight excluding hydrogens is 804 g/mol. The number of ether oxygens (including phenoxy) is 5. The first-order chi connectivity index (χ1) is 28.9. The fourth-order valence-electron chi connectivity index (χ4n) is 7.90. The number of carbonyl (C=O) groups is 5. The van der Waals surface area contributed by atoms with Gasteiger partial charge < -0.3 is 64.5 Å². The van der Waals surface area contributed by atoms with Crippen LogP contribution in [0.25, 0.3) is 11.0 Å². The molecule has 3 fully saturated rings.